The van der Waals surface area contributed by atoms with Gasteiger partial charge in [-0.3, -0.25) is 0 Å². The third kappa shape index (κ3) is 4.68. The Balaban J connectivity index is 1.32. The van der Waals surface area contributed by atoms with Crippen LogP contribution in [0.5, 0.6) is 0 Å². The summed E-state index contributed by atoms with van der Waals surface area (Å²) in [4.78, 5) is 0. The summed E-state index contributed by atoms with van der Waals surface area (Å²) in [5, 5.41) is 0. The summed E-state index contributed by atoms with van der Waals surface area (Å²) in [7, 11) is 0. The summed E-state index contributed by atoms with van der Waals surface area (Å²) in [6.45, 7) is 0. The normalized spacial score (nSPS) is 13.2. The molecule has 0 heteroatoms. The fourth-order valence-corrected chi connectivity index (χ4v) is 6.62. The van der Waals surface area contributed by atoms with E-state index in [1.165, 1.54) is 77.9 Å². The molecule has 0 spiro atoms. The monoisotopic (exact) mass is 546 g/mol. The largest absolute Gasteiger partial charge is 0.0622 e. The van der Waals surface area contributed by atoms with Crippen molar-refractivity contribution < 1.29 is 0 Å². The molecule has 6 aromatic carbocycles. The molecular formula is C43H30. The van der Waals surface area contributed by atoms with Gasteiger partial charge in [0.05, 0.1) is 0 Å². The quantitative estimate of drug-likeness (QED) is 0.193. The molecule has 202 valence electrons. The van der Waals surface area contributed by atoms with Gasteiger partial charge in [0.2, 0.25) is 0 Å². The van der Waals surface area contributed by atoms with E-state index in [0.717, 1.165) is 6.42 Å². The van der Waals surface area contributed by atoms with Gasteiger partial charge in [0, 0.05) is 0 Å². The van der Waals surface area contributed by atoms with Crippen LogP contribution < -0.4 is 0 Å². The van der Waals surface area contributed by atoms with Gasteiger partial charge >= 0.3 is 0 Å². The van der Waals surface area contributed by atoms with Crippen LogP contribution in [0.1, 0.15) is 44.5 Å². The Morgan fingerprint density at radius 3 is 1.35 bits per heavy atom. The molecule has 0 fully saturated rings. The van der Waals surface area contributed by atoms with Crippen LogP contribution in [0.3, 0.4) is 0 Å². The molecule has 0 amide bonds. The minimum atomic E-state index is 0.912. The summed E-state index contributed by atoms with van der Waals surface area (Å²) in [5.41, 5.74) is 18.2. The predicted octanol–water partition coefficient (Wildman–Crippen LogP) is 11.2. The first-order chi connectivity index (χ1) is 21.3. The zero-order chi connectivity index (χ0) is 28.6. The highest BCUT2D eigenvalue weighted by Crippen LogP contribution is 2.51. The van der Waals surface area contributed by atoms with Crippen LogP contribution in [0.25, 0.3) is 57.7 Å². The molecule has 0 radical (unpaired) electrons. The highest BCUT2D eigenvalue weighted by molar-refractivity contribution is 6.13. The van der Waals surface area contributed by atoms with Crippen molar-refractivity contribution in [2.24, 2.45) is 0 Å². The van der Waals surface area contributed by atoms with Gasteiger partial charge in [-0.15, -0.1) is 0 Å². The third-order valence-corrected chi connectivity index (χ3v) is 8.68. The number of benzene rings is 6. The number of hydrogen-bond acceptors (Lipinski definition) is 0. The standard InChI is InChI=1S/C43H30/c1-3-11-30(12-4-1)19-21-32-23-25-38-39-26-24-33(22-20-31-13-5-2-6-14-31)28-41(39)43(40(38)27-32)42-29-34-15-7-8-16-35(34)36-17-9-10-18-37(36)42/h1-28H,29H2/b21-19+,22-20+. The Morgan fingerprint density at radius 2 is 0.767 bits per heavy atom. The lowest BCUT2D eigenvalue weighted by atomic mass is 9.78. The maximum Gasteiger partial charge on any atom is -0.000705 e. The number of fused-ring (bicyclic) bond motifs is 6. The van der Waals surface area contributed by atoms with Crippen LogP contribution in [0.4, 0.5) is 0 Å². The van der Waals surface area contributed by atoms with E-state index in [1.807, 2.05) is 0 Å². The molecule has 43 heavy (non-hydrogen) atoms. The van der Waals surface area contributed by atoms with Crippen molar-refractivity contribution in [2.75, 3.05) is 0 Å². The van der Waals surface area contributed by atoms with Crippen LogP contribution >= 0.6 is 0 Å². The van der Waals surface area contributed by atoms with Crippen LogP contribution in [0.2, 0.25) is 0 Å². The molecular weight excluding hydrogens is 516 g/mol. The third-order valence-electron chi connectivity index (χ3n) is 8.68. The molecule has 0 atom stereocenters. The Hall–Kier alpha value is -5.46. The first-order valence-electron chi connectivity index (χ1n) is 15.0. The Bertz CT molecular complexity index is 1970. The van der Waals surface area contributed by atoms with Crippen molar-refractivity contribution in [2.45, 2.75) is 6.42 Å². The van der Waals surface area contributed by atoms with E-state index < -0.39 is 0 Å². The fraction of sp³-hybridized carbons (Fsp3) is 0.0233. The van der Waals surface area contributed by atoms with Gasteiger partial charge in [0.15, 0.2) is 0 Å². The highest BCUT2D eigenvalue weighted by atomic mass is 14.3. The van der Waals surface area contributed by atoms with Crippen molar-refractivity contribution >= 4 is 35.5 Å². The van der Waals surface area contributed by atoms with Crippen LogP contribution in [0.15, 0.2) is 146 Å². The fourth-order valence-electron chi connectivity index (χ4n) is 6.62. The van der Waals surface area contributed by atoms with Crippen molar-refractivity contribution in [3.05, 3.63) is 190 Å². The minimum absolute atomic E-state index is 0.912. The molecule has 0 nitrogen and oxygen atoms in total. The van der Waals surface area contributed by atoms with Gasteiger partial charge in [-0.2, -0.15) is 0 Å². The summed E-state index contributed by atoms with van der Waals surface area (Å²) in [5.74, 6) is 0. The van der Waals surface area contributed by atoms with Crippen LogP contribution in [-0.4, -0.2) is 0 Å². The second-order valence-electron chi connectivity index (χ2n) is 11.3. The molecule has 8 rings (SSSR count). The summed E-state index contributed by atoms with van der Waals surface area (Å²) in [6, 6.07) is 52.8. The highest BCUT2D eigenvalue weighted by Gasteiger charge is 2.30. The predicted molar refractivity (Wildman–Crippen MR) is 184 cm³/mol. The summed E-state index contributed by atoms with van der Waals surface area (Å²) < 4.78 is 0. The van der Waals surface area contributed by atoms with E-state index in [-0.39, 0.29) is 0 Å². The summed E-state index contributed by atoms with van der Waals surface area (Å²) in [6.07, 6.45) is 9.79. The lowest BCUT2D eigenvalue weighted by molar-refractivity contribution is 1.25. The molecule has 0 N–H and O–H groups in total. The van der Waals surface area contributed by atoms with Gasteiger partial charge in [-0.25, -0.2) is 0 Å². The molecule has 0 unspecified atom stereocenters. The number of rotatable bonds is 4. The molecule has 0 heterocycles. The van der Waals surface area contributed by atoms with Gasteiger partial charge in [-0.05, 0) is 96.5 Å². The molecule has 2 aliphatic carbocycles. The van der Waals surface area contributed by atoms with E-state index >= 15 is 0 Å². The summed E-state index contributed by atoms with van der Waals surface area (Å²) >= 11 is 0. The smallest absolute Gasteiger partial charge is 0.000705 e. The van der Waals surface area contributed by atoms with E-state index in [2.05, 4.69) is 170 Å². The van der Waals surface area contributed by atoms with Crippen molar-refractivity contribution in [1.82, 2.24) is 0 Å². The van der Waals surface area contributed by atoms with Crippen LogP contribution in [-0.2, 0) is 6.42 Å². The topological polar surface area (TPSA) is 0 Å². The maximum absolute atomic E-state index is 2.39. The molecule has 0 aromatic heterocycles. The maximum atomic E-state index is 2.39. The van der Waals surface area contributed by atoms with E-state index in [1.54, 1.807) is 0 Å². The number of hydrogen-bond donors (Lipinski definition) is 0. The lowest BCUT2D eigenvalue weighted by Gasteiger charge is -2.25. The molecule has 0 saturated carbocycles. The molecule has 0 aliphatic heterocycles. The zero-order valence-corrected chi connectivity index (χ0v) is 23.9. The van der Waals surface area contributed by atoms with Crippen molar-refractivity contribution in [3.63, 3.8) is 0 Å². The van der Waals surface area contributed by atoms with Crippen LogP contribution in [0, 0.1) is 0 Å². The average molecular weight is 547 g/mol. The number of allylic oxidation sites excluding steroid dienone is 1. The molecule has 2 aliphatic rings. The minimum Gasteiger partial charge on any atom is -0.0622 e. The van der Waals surface area contributed by atoms with Crippen molar-refractivity contribution in [3.8, 4) is 22.3 Å². The second-order valence-corrected chi connectivity index (χ2v) is 11.3. The van der Waals surface area contributed by atoms with Gasteiger partial charge < -0.3 is 0 Å². The van der Waals surface area contributed by atoms with E-state index in [9.17, 15) is 0 Å². The Labute approximate surface area is 253 Å². The average Bonchev–Trinajstić information content (AvgIpc) is 3.39. The molecule has 0 bridgehead atoms. The first-order valence-corrected chi connectivity index (χ1v) is 15.0. The van der Waals surface area contributed by atoms with Crippen molar-refractivity contribution in [1.29, 1.82) is 0 Å². The Kier molecular flexibility index (Phi) is 6.31. The first kappa shape index (κ1) is 25.3. The molecule has 0 saturated heterocycles. The van der Waals surface area contributed by atoms with E-state index in [0.29, 0.717) is 0 Å². The van der Waals surface area contributed by atoms with Gasteiger partial charge in [0.1, 0.15) is 0 Å². The van der Waals surface area contributed by atoms with E-state index in [4.69, 9.17) is 0 Å². The molecule has 6 aromatic rings. The Morgan fingerprint density at radius 1 is 0.326 bits per heavy atom. The lowest BCUT2D eigenvalue weighted by Crippen LogP contribution is -2.05. The SMILES string of the molecule is C(=C\c1ccc2c(c1)C(=C1Cc3ccccc3-c3ccccc31)c1cc(/C=C/c3ccccc3)ccc1-2)/c1ccccc1. The zero-order valence-electron chi connectivity index (χ0n) is 23.9. The van der Waals surface area contributed by atoms with Gasteiger partial charge in [-0.1, -0.05) is 158 Å². The van der Waals surface area contributed by atoms with Gasteiger partial charge in [0.25, 0.3) is 0 Å². The second kappa shape index (κ2) is 10.7.